The normalized spacial score (nSPS) is 41.6. The van der Waals surface area contributed by atoms with E-state index in [4.69, 9.17) is 0 Å². The van der Waals surface area contributed by atoms with E-state index in [0.717, 1.165) is 18.3 Å². The zero-order chi connectivity index (χ0) is 18.3. The summed E-state index contributed by atoms with van der Waals surface area (Å²) >= 11 is 0. The van der Waals surface area contributed by atoms with E-state index >= 15 is 0 Å². The van der Waals surface area contributed by atoms with Crippen LogP contribution in [0.5, 0.6) is 0 Å². The van der Waals surface area contributed by atoms with Gasteiger partial charge in [0.05, 0.1) is 0 Å². The van der Waals surface area contributed by atoms with Gasteiger partial charge in [0.15, 0.2) is 0 Å². The Morgan fingerprint density at radius 1 is 0.893 bits per heavy atom. The molecule has 10 rings (SSSR count). The molecule has 8 aliphatic rings. The molecule has 1 heteroatoms. The fourth-order valence-corrected chi connectivity index (χ4v) is 9.25. The number of hydrogen-bond donors (Lipinski definition) is 0. The van der Waals surface area contributed by atoms with E-state index in [1.54, 1.807) is 5.56 Å². The van der Waals surface area contributed by atoms with Crippen LogP contribution in [0.15, 0.2) is 41.5 Å². The molecule has 28 heavy (non-hydrogen) atoms. The molecule has 12 bridgehead atoms. The van der Waals surface area contributed by atoms with Gasteiger partial charge in [0, 0.05) is 23.2 Å². The lowest BCUT2D eigenvalue weighted by Crippen LogP contribution is -2.47. The molecule has 0 heterocycles. The van der Waals surface area contributed by atoms with Crippen molar-refractivity contribution in [1.82, 2.24) is 0 Å². The third kappa shape index (κ3) is 1.42. The predicted octanol–water partition coefficient (Wildman–Crippen LogP) is 5.68. The van der Waals surface area contributed by atoms with Crippen LogP contribution in [0.2, 0.25) is 0 Å². The van der Waals surface area contributed by atoms with Crippen molar-refractivity contribution >= 4 is 16.6 Å². The van der Waals surface area contributed by atoms with E-state index in [1.807, 2.05) is 11.1 Å². The minimum atomic E-state index is 0.222. The Bertz CT molecular complexity index is 1140. The maximum Gasteiger partial charge on any atom is 0.141 e. The molecular weight excluding hydrogens is 340 g/mol. The quantitative estimate of drug-likeness (QED) is 0.549. The average molecular weight is 367 g/mol. The van der Waals surface area contributed by atoms with Gasteiger partial charge in [-0.2, -0.15) is 0 Å². The first-order chi connectivity index (χ1) is 13.7. The first-order valence-corrected chi connectivity index (χ1v) is 11.5. The number of fused-ring (bicyclic) bond motifs is 4. The molecule has 140 valence electrons. The second-order valence-electron chi connectivity index (χ2n) is 10.8. The Labute approximate surface area is 166 Å². The number of allylic oxidation sites excluding steroid dienone is 2. The van der Waals surface area contributed by atoms with Crippen molar-refractivity contribution in [2.24, 2.45) is 23.2 Å². The van der Waals surface area contributed by atoms with Crippen molar-refractivity contribution < 1.29 is 4.79 Å². The molecule has 0 radical (unpaired) electrons. The minimum absolute atomic E-state index is 0.222. The molecule has 2 aromatic carbocycles. The highest BCUT2D eigenvalue weighted by molar-refractivity contribution is 5.94. The molecular formula is C27H26O. The van der Waals surface area contributed by atoms with Crippen LogP contribution in [0.4, 0.5) is 0 Å². The molecule has 0 saturated heterocycles. The van der Waals surface area contributed by atoms with Crippen LogP contribution in [-0.2, 0) is 23.1 Å². The summed E-state index contributed by atoms with van der Waals surface area (Å²) in [6, 6.07) is 12.0. The Morgan fingerprint density at radius 2 is 1.75 bits per heavy atom. The van der Waals surface area contributed by atoms with Gasteiger partial charge in [-0.15, -0.1) is 0 Å². The van der Waals surface area contributed by atoms with Gasteiger partial charge in [-0.05, 0) is 90.7 Å². The third-order valence-electron chi connectivity index (χ3n) is 10.1. The molecule has 3 atom stereocenters. The maximum atomic E-state index is 13.5. The van der Waals surface area contributed by atoms with Crippen molar-refractivity contribution in [3.05, 3.63) is 58.2 Å². The molecule has 0 aromatic heterocycles. The van der Waals surface area contributed by atoms with Crippen LogP contribution in [0.3, 0.4) is 0 Å². The van der Waals surface area contributed by atoms with Crippen LogP contribution in [0.1, 0.15) is 61.6 Å². The Hall–Kier alpha value is -1.89. The molecule has 0 N–H and O–H groups in total. The summed E-state index contributed by atoms with van der Waals surface area (Å²) < 4.78 is 0. The number of carbonyl (C=O) groups excluding carboxylic acids is 1. The van der Waals surface area contributed by atoms with Gasteiger partial charge < -0.3 is 0 Å². The van der Waals surface area contributed by atoms with Crippen LogP contribution in [0.25, 0.3) is 10.8 Å². The summed E-state index contributed by atoms with van der Waals surface area (Å²) in [4.78, 5) is 13.5. The lowest BCUT2D eigenvalue weighted by Gasteiger charge is -2.54. The van der Waals surface area contributed by atoms with E-state index in [9.17, 15) is 4.79 Å². The first kappa shape index (κ1) is 15.0. The van der Waals surface area contributed by atoms with Crippen LogP contribution >= 0.6 is 0 Å². The third-order valence-corrected chi connectivity index (χ3v) is 10.1. The highest BCUT2D eigenvalue weighted by atomic mass is 16.1. The molecule has 2 saturated carbocycles. The number of rotatable bonds is 0. The van der Waals surface area contributed by atoms with Gasteiger partial charge >= 0.3 is 0 Å². The molecule has 0 amide bonds. The molecule has 2 spiro atoms. The molecule has 8 aliphatic carbocycles. The van der Waals surface area contributed by atoms with Crippen molar-refractivity contribution in [1.29, 1.82) is 0 Å². The molecule has 0 aliphatic heterocycles. The SMILES string of the molecule is O=C1Cc2cc3c4cccc3cc2CC1C12CCC(C1)C1=C2C2CCC14CC2. The maximum absolute atomic E-state index is 13.5. The summed E-state index contributed by atoms with van der Waals surface area (Å²) in [5.41, 5.74) is 8.61. The monoisotopic (exact) mass is 366 g/mol. The smallest absolute Gasteiger partial charge is 0.141 e. The fourth-order valence-electron chi connectivity index (χ4n) is 9.25. The van der Waals surface area contributed by atoms with Gasteiger partial charge in [0.2, 0.25) is 0 Å². The van der Waals surface area contributed by atoms with Gasteiger partial charge in [-0.25, -0.2) is 0 Å². The van der Waals surface area contributed by atoms with E-state index in [1.165, 1.54) is 66.8 Å². The Balaban J connectivity index is 1.59. The summed E-state index contributed by atoms with van der Waals surface area (Å²) in [6.45, 7) is 0. The highest BCUT2D eigenvalue weighted by Gasteiger charge is 2.64. The highest BCUT2D eigenvalue weighted by Crippen LogP contribution is 2.73. The zero-order valence-electron chi connectivity index (χ0n) is 16.4. The van der Waals surface area contributed by atoms with Gasteiger partial charge in [0.1, 0.15) is 5.78 Å². The topological polar surface area (TPSA) is 17.1 Å². The summed E-state index contributed by atoms with van der Waals surface area (Å²) in [7, 11) is 0. The van der Waals surface area contributed by atoms with Gasteiger partial charge in [0.25, 0.3) is 0 Å². The number of hydrogen-bond acceptors (Lipinski definition) is 1. The number of benzene rings is 2. The van der Waals surface area contributed by atoms with Crippen molar-refractivity contribution in [2.45, 2.75) is 63.2 Å². The summed E-state index contributed by atoms with van der Waals surface area (Å²) in [5, 5.41) is 2.87. The van der Waals surface area contributed by atoms with Crippen LogP contribution < -0.4 is 0 Å². The average Bonchev–Trinajstić information content (AvgIpc) is 3.31. The van der Waals surface area contributed by atoms with Gasteiger partial charge in [-0.1, -0.05) is 41.5 Å². The lowest BCUT2D eigenvalue weighted by molar-refractivity contribution is -0.126. The van der Waals surface area contributed by atoms with Crippen LogP contribution in [-0.4, -0.2) is 5.78 Å². The first-order valence-electron chi connectivity index (χ1n) is 11.5. The zero-order valence-corrected chi connectivity index (χ0v) is 16.4. The van der Waals surface area contributed by atoms with Crippen molar-refractivity contribution in [3.8, 4) is 0 Å². The number of Topliss-reactive ketones (excluding diaryl/α,β-unsaturated/α-hetero) is 1. The molecule has 3 unspecified atom stereocenters. The molecule has 2 fully saturated rings. The van der Waals surface area contributed by atoms with Crippen molar-refractivity contribution in [2.75, 3.05) is 0 Å². The second kappa shape index (κ2) is 4.48. The predicted molar refractivity (Wildman–Crippen MR) is 110 cm³/mol. The number of ketones is 1. The standard InChI is InChI=1S/C27H26O/c28-23-13-19-11-20-16-2-1-3-21(20)26-7-4-15(5-8-26)24-25(26)17-6-9-27(24,14-17)22(23)12-18(19)10-16/h1-3,10-11,15,17,22H,4-9,12-14H2. The van der Waals surface area contributed by atoms with Crippen molar-refractivity contribution in [3.63, 3.8) is 0 Å². The minimum Gasteiger partial charge on any atom is -0.299 e. The van der Waals surface area contributed by atoms with Crippen LogP contribution in [0, 0.1) is 23.2 Å². The Kier molecular flexibility index (Phi) is 2.40. The molecule has 2 aromatic rings. The van der Waals surface area contributed by atoms with E-state index < -0.39 is 0 Å². The summed E-state index contributed by atoms with van der Waals surface area (Å²) in [6.07, 6.45) is 11.0. The Morgan fingerprint density at radius 3 is 2.64 bits per heavy atom. The lowest BCUT2D eigenvalue weighted by atomic mass is 9.49. The number of carbonyl (C=O) groups is 1. The second-order valence-corrected chi connectivity index (χ2v) is 10.8. The fraction of sp³-hybridized carbons (Fsp3) is 0.519. The van der Waals surface area contributed by atoms with E-state index in [-0.39, 0.29) is 16.7 Å². The molecule has 1 nitrogen and oxygen atoms in total. The van der Waals surface area contributed by atoms with E-state index in [2.05, 4.69) is 30.3 Å². The summed E-state index contributed by atoms with van der Waals surface area (Å²) in [5.74, 6) is 2.35. The largest absolute Gasteiger partial charge is 0.299 e. The van der Waals surface area contributed by atoms with Gasteiger partial charge in [-0.3, -0.25) is 4.79 Å². The van der Waals surface area contributed by atoms with E-state index in [0.29, 0.717) is 12.2 Å².